The molecule has 0 radical (unpaired) electrons. The van der Waals surface area contributed by atoms with Crippen LogP contribution < -0.4 is 10.6 Å². The fraction of sp³-hybridized carbons (Fsp3) is 0.545. The summed E-state index contributed by atoms with van der Waals surface area (Å²) in [6.45, 7) is 2.14. The first-order chi connectivity index (χ1) is 7.70. The molecule has 1 atom stereocenters. The van der Waals surface area contributed by atoms with Gasteiger partial charge in [0.05, 0.1) is 0 Å². The van der Waals surface area contributed by atoms with Crippen molar-refractivity contribution < 1.29 is 4.79 Å². The molecule has 86 valence electrons. The highest BCUT2D eigenvalue weighted by molar-refractivity contribution is 5.91. The van der Waals surface area contributed by atoms with Crippen LogP contribution in [-0.2, 0) is 0 Å². The first-order valence-corrected chi connectivity index (χ1v) is 5.53. The Morgan fingerprint density at radius 2 is 2.19 bits per heavy atom. The number of nitrogens with one attached hydrogen (secondary N) is 2. The zero-order valence-corrected chi connectivity index (χ0v) is 9.53. The van der Waals surface area contributed by atoms with Crippen LogP contribution in [0.4, 0.5) is 5.82 Å². The zero-order valence-electron chi connectivity index (χ0n) is 9.53. The van der Waals surface area contributed by atoms with Gasteiger partial charge in [0.2, 0.25) is 0 Å². The number of carbonyl (C=O) groups is 1. The topological polar surface area (TPSA) is 66.9 Å². The van der Waals surface area contributed by atoms with Gasteiger partial charge < -0.3 is 10.6 Å². The van der Waals surface area contributed by atoms with Crippen LogP contribution in [-0.4, -0.2) is 29.2 Å². The smallest absolute Gasteiger partial charge is 0.271 e. The summed E-state index contributed by atoms with van der Waals surface area (Å²) in [6.07, 6.45) is 2.58. The average molecular weight is 220 g/mol. The highest BCUT2D eigenvalue weighted by atomic mass is 16.1. The Balaban J connectivity index is 1.98. The Bertz CT molecular complexity index is 372. The molecule has 1 aromatic heterocycles. The Labute approximate surface area is 94.6 Å². The molecule has 1 aliphatic rings. The van der Waals surface area contributed by atoms with Crippen molar-refractivity contribution in [3.8, 4) is 0 Å². The van der Waals surface area contributed by atoms with Crippen molar-refractivity contribution in [2.75, 3.05) is 12.4 Å². The molecule has 1 amide bonds. The SMILES string of the molecule is CNC(=O)c1ccc(NC(C)C2CC2)nn1. The molecule has 1 aliphatic carbocycles. The molecule has 1 saturated carbocycles. The van der Waals surface area contributed by atoms with Gasteiger partial charge in [0, 0.05) is 13.1 Å². The quantitative estimate of drug-likeness (QED) is 0.795. The van der Waals surface area contributed by atoms with E-state index in [0.29, 0.717) is 11.7 Å². The van der Waals surface area contributed by atoms with E-state index in [4.69, 9.17) is 0 Å². The van der Waals surface area contributed by atoms with Crippen molar-refractivity contribution in [2.24, 2.45) is 5.92 Å². The van der Waals surface area contributed by atoms with Crippen LogP contribution in [0.5, 0.6) is 0 Å². The highest BCUT2D eigenvalue weighted by Crippen LogP contribution is 2.33. The van der Waals surface area contributed by atoms with Crippen molar-refractivity contribution in [2.45, 2.75) is 25.8 Å². The number of hydrogen-bond donors (Lipinski definition) is 2. The standard InChI is InChI=1S/C11H16N4O/c1-7(8-3-4-8)13-10-6-5-9(14-15-10)11(16)12-2/h5-8H,3-4H2,1-2H3,(H,12,16)(H,13,15). The second-order valence-corrected chi connectivity index (χ2v) is 4.15. The third kappa shape index (κ3) is 2.48. The van der Waals surface area contributed by atoms with Crippen molar-refractivity contribution in [3.63, 3.8) is 0 Å². The largest absolute Gasteiger partial charge is 0.366 e. The van der Waals surface area contributed by atoms with E-state index in [0.717, 1.165) is 11.7 Å². The summed E-state index contributed by atoms with van der Waals surface area (Å²) in [6, 6.07) is 3.89. The molecule has 2 N–H and O–H groups in total. The summed E-state index contributed by atoms with van der Waals surface area (Å²) in [4.78, 5) is 11.2. The molecule has 0 aromatic carbocycles. The van der Waals surface area contributed by atoms with Gasteiger partial charge in [0.25, 0.3) is 5.91 Å². The zero-order chi connectivity index (χ0) is 11.5. The van der Waals surface area contributed by atoms with Gasteiger partial charge in [0.1, 0.15) is 5.82 Å². The van der Waals surface area contributed by atoms with E-state index in [9.17, 15) is 4.79 Å². The van der Waals surface area contributed by atoms with Crippen molar-refractivity contribution in [1.82, 2.24) is 15.5 Å². The molecule has 2 rings (SSSR count). The van der Waals surface area contributed by atoms with Crippen LogP contribution in [0.2, 0.25) is 0 Å². The van der Waals surface area contributed by atoms with E-state index in [1.54, 1.807) is 19.2 Å². The molecular weight excluding hydrogens is 204 g/mol. The third-order valence-corrected chi connectivity index (χ3v) is 2.83. The van der Waals surface area contributed by atoms with Crippen LogP contribution in [0.15, 0.2) is 12.1 Å². The minimum Gasteiger partial charge on any atom is -0.366 e. The number of nitrogens with zero attached hydrogens (tertiary/aromatic N) is 2. The summed E-state index contributed by atoms with van der Waals surface area (Å²) in [5, 5.41) is 13.6. The molecule has 1 unspecified atom stereocenters. The van der Waals surface area contributed by atoms with Gasteiger partial charge in [-0.1, -0.05) is 0 Å². The van der Waals surface area contributed by atoms with Gasteiger partial charge >= 0.3 is 0 Å². The van der Waals surface area contributed by atoms with Crippen molar-refractivity contribution in [3.05, 3.63) is 17.8 Å². The highest BCUT2D eigenvalue weighted by Gasteiger charge is 2.27. The molecule has 1 aromatic rings. The molecular formula is C11H16N4O. The Morgan fingerprint density at radius 1 is 1.44 bits per heavy atom. The third-order valence-electron chi connectivity index (χ3n) is 2.83. The number of amides is 1. The predicted octanol–water partition coefficient (Wildman–Crippen LogP) is 1.05. The maximum atomic E-state index is 11.2. The molecule has 0 bridgehead atoms. The second kappa shape index (κ2) is 4.47. The Morgan fingerprint density at radius 3 is 2.69 bits per heavy atom. The van der Waals surface area contributed by atoms with E-state index in [1.807, 2.05) is 0 Å². The molecule has 16 heavy (non-hydrogen) atoms. The van der Waals surface area contributed by atoms with E-state index in [1.165, 1.54) is 12.8 Å². The van der Waals surface area contributed by atoms with E-state index < -0.39 is 0 Å². The maximum Gasteiger partial charge on any atom is 0.271 e. The summed E-state index contributed by atoms with van der Waals surface area (Å²) in [7, 11) is 1.57. The number of hydrogen-bond acceptors (Lipinski definition) is 4. The van der Waals surface area contributed by atoms with E-state index in [2.05, 4.69) is 27.8 Å². The van der Waals surface area contributed by atoms with E-state index >= 15 is 0 Å². The minimum atomic E-state index is -0.214. The number of anilines is 1. The van der Waals surface area contributed by atoms with Gasteiger partial charge in [0.15, 0.2) is 5.69 Å². The lowest BCUT2D eigenvalue weighted by Gasteiger charge is -2.12. The predicted molar refractivity (Wildman–Crippen MR) is 61.2 cm³/mol. The summed E-state index contributed by atoms with van der Waals surface area (Å²) >= 11 is 0. The Kier molecular flexibility index (Phi) is 3.03. The first kappa shape index (κ1) is 10.9. The van der Waals surface area contributed by atoms with Crippen LogP contribution in [0.1, 0.15) is 30.3 Å². The van der Waals surface area contributed by atoms with Crippen LogP contribution in [0.3, 0.4) is 0 Å². The maximum absolute atomic E-state index is 11.2. The normalized spacial score (nSPS) is 16.6. The van der Waals surface area contributed by atoms with Gasteiger partial charge in [-0.15, -0.1) is 10.2 Å². The number of carbonyl (C=O) groups excluding carboxylic acids is 1. The summed E-state index contributed by atoms with van der Waals surface area (Å²) < 4.78 is 0. The summed E-state index contributed by atoms with van der Waals surface area (Å²) in [5.74, 6) is 1.28. The van der Waals surface area contributed by atoms with E-state index in [-0.39, 0.29) is 5.91 Å². The molecule has 1 fully saturated rings. The summed E-state index contributed by atoms with van der Waals surface area (Å²) in [5.41, 5.74) is 0.340. The van der Waals surface area contributed by atoms with Gasteiger partial charge in [-0.3, -0.25) is 4.79 Å². The van der Waals surface area contributed by atoms with Gasteiger partial charge in [-0.05, 0) is 37.8 Å². The fourth-order valence-electron chi connectivity index (χ4n) is 1.61. The first-order valence-electron chi connectivity index (χ1n) is 5.53. The lowest BCUT2D eigenvalue weighted by molar-refractivity contribution is 0.0957. The second-order valence-electron chi connectivity index (χ2n) is 4.15. The number of rotatable bonds is 4. The van der Waals surface area contributed by atoms with Crippen LogP contribution in [0, 0.1) is 5.92 Å². The lowest BCUT2D eigenvalue weighted by atomic mass is 10.2. The molecule has 0 aliphatic heterocycles. The van der Waals surface area contributed by atoms with Crippen LogP contribution >= 0.6 is 0 Å². The lowest BCUT2D eigenvalue weighted by Crippen LogP contribution is -2.21. The minimum absolute atomic E-state index is 0.214. The molecule has 5 nitrogen and oxygen atoms in total. The molecule has 0 saturated heterocycles. The monoisotopic (exact) mass is 220 g/mol. The average Bonchev–Trinajstić information content (AvgIpc) is 3.13. The van der Waals surface area contributed by atoms with Crippen molar-refractivity contribution in [1.29, 1.82) is 0 Å². The van der Waals surface area contributed by atoms with Gasteiger partial charge in [-0.2, -0.15) is 0 Å². The number of aromatic nitrogens is 2. The Hall–Kier alpha value is -1.65. The molecule has 1 heterocycles. The van der Waals surface area contributed by atoms with Crippen molar-refractivity contribution >= 4 is 11.7 Å². The fourth-order valence-corrected chi connectivity index (χ4v) is 1.61. The molecule has 5 heteroatoms. The van der Waals surface area contributed by atoms with Gasteiger partial charge in [-0.25, -0.2) is 0 Å². The van der Waals surface area contributed by atoms with Crippen LogP contribution in [0.25, 0.3) is 0 Å². The molecule has 0 spiro atoms.